The maximum absolute atomic E-state index is 11.6. The van der Waals surface area contributed by atoms with E-state index in [-0.39, 0.29) is 11.4 Å². The largest absolute Gasteiger partial charge is 0.493 e. The number of rotatable bonds is 4. The lowest BCUT2D eigenvalue weighted by Crippen LogP contribution is -2.42. The zero-order valence-electron chi connectivity index (χ0n) is 12.5. The number of carbonyl (C=O) groups is 1. The molecule has 0 spiro atoms. The molecule has 2 heterocycles. The lowest BCUT2D eigenvalue weighted by molar-refractivity contribution is -0.119. The van der Waals surface area contributed by atoms with Gasteiger partial charge in [-0.25, -0.2) is 0 Å². The Labute approximate surface area is 124 Å². The van der Waals surface area contributed by atoms with Gasteiger partial charge in [-0.15, -0.1) is 0 Å². The van der Waals surface area contributed by atoms with Gasteiger partial charge in [0.25, 0.3) is 0 Å². The second kappa shape index (κ2) is 5.47. The Balaban J connectivity index is 1.90. The van der Waals surface area contributed by atoms with Crippen LogP contribution in [0.2, 0.25) is 0 Å². The second-order valence-electron chi connectivity index (χ2n) is 5.68. The SMILES string of the molecule is CCC1(Cc2cc(OC)c3c(c2)OCCO3)CCC(=O)N1. The van der Waals surface area contributed by atoms with Gasteiger partial charge < -0.3 is 19.5 Å². The van der Waals surface area contributed by atoms with E-state index in [2.05, 4.69) is 12.2 Å². The highest BCUT2D eigenvalue weighted by atomic mass is 16.6. The summed E-state index contributed by atoms with van der Waals surface area (Å²) >= 11 is 0. The number of nitrogens with one attached hydrogen (secondary N) is 1. The monoisotopic (exact) mass is 291 g/mol. The van der Waals surface area contributed by atoms with Gasteiger partial charge in [-0.3, -0.25) is 4.79 Å². The molecule has 0 aliphatic carbocycles. The molecule has 1 fully saturated rings. The summed E-state index contributed by atoms with van der Waals surface area (Å²) in [6.07, 6.45) is 3.17. The molecule has 5 heteroatoms. The Morgan fingerprint density at radius 1 is 1.33 bits per heavy atom. The first kappa shape index (κ1) is 14.0. The van der Waals surface area contributed by atoms with Crippen LogP contribution in [-0.2, 0) is 11.2 Å². The summed E-state index contributed by atoms with van der Waals surface area (Å²) in [6, 6.07) is 3.98. The average molecular weight is 291 g/mol. The summed E-state index contributed by atoms with van der Waals surface area (Å²) in [5, 5.41) is 3.13. The average Bonchev–Trinajstić information content (AvgIpc) is 2.88. The summed E-state index contributed by atoms with van der Waals surface area (Å²) < 4.78 is 16.7. The predicted molar refractivity (Wildman–Crippen MR) is 78.1 cm³/mol. The zero-order valence-corrected chi connectivity index (χ0v) is 12.5. The Bertz CT molecular complexity index is 540. The van der Waals surface area contributed by atoms with Crippen LogP contribution in [0.3, 0.4) is 0 Å². The molecule has 0 bridgehead atoms. The normalized spacial score (nSPS) is 23.8. The van der Waals surface area contributed by atoms with Crippen LogP contribution in [0.5, 0.6) is 17.2 Å². The van der Waals surface area contributed by atoms with E-state index >= 15 is 0 Å². The van der Waals surface area contributed by atoms with Gasteiger partial charge in [-0.2, -0.15) is 0 Å². The van der Waals surface area contributed by atoms with Crippen molar-refractivity contribution in [3.63, 3.8) is 0 Å². The number of fused-ring (bicyclic) bond motifs is 1. The molecule has 5 nitrogen and oxygen atoms in total. The Kier molecular flexibility index (Phi) is 3.66. The number of carbonyl (C=O) groups excluding carboxylic acids is 1. The number of methoxy groups -OCH3 is 1. The third kappa shape index (κ3) is 2.64. The lowest BCUT2D eigenvalue weighted by atomic mass is 9.86. The maximum Gasteiger partial charge on any atom is 0.220 e. The summed E-state index contributed by atoms with van der Waals surface area (Å²) in [7, 11) is 1.63. The number of ether oxygens (including phenoxy) is 3. The van der Waals surface area contributed by atoms with Crippen LogP contribution < -0.4 is 19.5 Å². The van der Waals surface area contributed by atoms with Crippen molar-refractivity contribution in [2.24, 2.45) is 0 Å². The second-order valence-corrected chi connectivity index (χ2v) is 5.68. The van der Waals surface area contributed by atoms with E-state index in [9.17, 15) is 4.79 Å². The van der Waals surface area contributed by atoms with Gasteiger partial charge >= 0.3 is 0 Å². The Morgan fingerprint density at radius 2 is 2.14 bits per heavy atom. The van der Waals surface area contributed by atoms with E-state index in [0.717, 1.165) is 30.6 Å². The standard InChI is InChI=1S/C16H21NO4/c1-3-16(5-4-14(18)17-16)10-11-8-12(19-2)15-13(9-11)20-6-7-21-15/h8-9H,3-7,10H2,1-2H3,(H,17,18). The first-order chi connectivity index (χ1) is 10.2. The molecule has 2 aliphatic rings. The van der Waals surface area contributed by atoms with Gasteiger partial charge in [-0.05, 0) is 37.0 Å². The minimum atomic E-state index is -0.147. The van der Waals surface area contributed by atoms with E-state index in [1.807, 2.05) is 12.1 Å². The smallest absolute Gasteiger partial charge is 0.220 e. The van der Waals surface area contributed by atoms with Gasteiger partial charge in [0.1, 0.15) is 13.2 Å². The van der Waals surface area contributed by atoms with Gasteiger partial charge in [0.05, 0.1) is 7.11 Å². The van der Waals surface area contributed by atoms with Crippen molar-refractivity contribution in [2.75, 3.05) is 20.3 Å². The molecule has 1 saturated heterocycles. The predicted octanol–water partition coefficient (Wildman–Crippen LogP) is 2.07. The molecule has 1 N–H and O–H groups in total. The van der Waals surface area contributed by atoms with Gasteiger partial charge in [0.2, 0.25) is 11.7 Å². The van der Waals surface area contributed by atoms with Gasteiger partial charge in [-0.1, -0.05) is 6.92 Å². The van der Waals surface area contributed by atoms with Crippen LogP contribution in [0, 0.1) is 0 Å². The van der Waals surface area contributed by atoms with E-state index in [0.29, 0.717) is 31.1 Å². The fourth-order valence-corrected chi connectivity index (χ4v) is 3.12. The zero-order chi connectivity index (χ0) is 14.9. The van der Waals surface area contributed by atoms with Crippen molar-refractivity contribution < 1.29 is 19.0 Å². The van der Waals surface area contributed by atoms with E-state index in [1.165, 1.54) is 0 Å². The minimum absolute atomic E-state index is 0.140. The summed E-state index contributed by atoms with van der Waals surface area (Å²) in [4.78, 5) is 11.6. The van der Waals surface area contributed by atoms with Crippen molar-refractivity contribution in [3.05, 3.63) is 17.7 Å². The highest BCUT2D eigenvalue weighted by molar-refractivity contribution is 5.79. The Morgan fingerprint density at radius 3 is 2.81 bits per heavy atom. The van der Waals surface area contributed by atoms with E-state index in [1.54, 1.807) is 7.11 Å². The molecule has 1 amide bonds. The molecule has 1 aromatic rings. The number of hydrogen-bond acceptors (Lipinski definition) is 4. The fraction of sp³-hybridized carbons (Fsp3) is 0.562. The molecular formula is C16H21NO4. The van der Waals surface area contributed by atoms with Crippen molar-refractivity contribution in [2.45, 2.75) is 38.1 Å². The summed E-state index contributed by atoms with van der Waals surface area (Å²) in [6.45, 7) is 3.20. The highest BCUT2D eigenvalue weighted by Gasteiger charge is 2.36. The molecule has 0 aromatic heterocycles. The highest BCUT2D eigenvalue weighted by Crippen LogP contribution is 2.41. The summed E-state index contributed by atoms with van der Waals surface area (Å²) in [5.41, 5.74) is 0.950. The van der Waals surface area contributed by atoms with Gasteiger partial charge in [0.15, 0.2) is 11.5 Å². The van der Waals surface area contributed by atoms with Crippen LogP contribution in [-0.4, -0.2) is 31.8 Å². The maximum atomic E-state index is 11.6. The van der Waals surface area contributed by atoms with Gasteiger partial charge in [0, 0.05) is 12.0 Å². The molecule has 0 saturated carbocycles. The number of hydrogen-bond donors (Lipinski definition) is 1. The lowest BCUT2D eigenvalue weighted by Gasteiger charge is -2.29. The van der Waals surface area contributed by atoms with Crippen molar-refractivity contribution >= 4 is 5.91 Å². The molecule has 114 valence electrons. The van der Waals surface area contributed by atoms with Crippen molar-refractivity contribution in [3.8, 4) is 17.2 Å². The third-order valence-electron chi connectivity index (χ3n) is 4.34. The molecule has 2 aliphatic heterocycles. The number of amides is 1. The first-order valence-electron chi connectivity index (χ1n) is 7.43. The van der Waals surface area contributed by atoms with Crippen LogP contribution in [0.1, 0.15) is 31.7 Å². The molecular weight excluding hydrogens is 270 g/mol. The Hall–Kier alpha value is -1.91. The molecule has 3 rings (SSSR count). The summed E-state index contributed by atoms with van der Waals surface area (Å²) in [5.74, 6) is 2.24. The van der Waals surface area contributed by atoms with E-state index in [4.69, 9.17) is 14.2 Å². The molecule has 0 radical (unpaired) electrons. The number of benzene rings is 1. The van der Waals surface area contributed by atoms with Crippen molar-refractivity contribution in [1.29, 1.82) is 0 Å². The van der Waals surface area contributed by atoms with E-state index < -0.39 is 0 Å². The molecule has 1 unspecified atom stereocenters. The molecule has 21 heavy (non-hydrogen) atoms. The minimum Gasteiger partial charge on any atom is -0.493 e. The van der Waals surface area contributed by atoms with Crippen LogP contribution in [0.4, 0.5) is 0 Å². The first-order valence-corrected chi connectivity index (χ1v) is 7.43. The molecule has 1 atom stereocenters. The fourth-order valence-electron chi connectivity index (χ4n) is 3.12. The van der Waals surface area contributed by atoms with Crippen molar-refractivity contribution in [1.82, 2.24) is 5.32 Å². The molecule has 1 aromatic carbocycles. The quantitative estimate of drug-likeness (QED) is 0.922. The third-order valence-corrected chi connectivity index (χ3v) is 4.34. The van der Waals surface area contributed by atoms with Crippen LogP contribution in [0.15, 0.2) is 12.1 Å². The topological polar surface area (TPSA) is 56.8 Å². The van der Waals surface area contributed by atoms with Crippen LogP contribution in [0.25, 0.3) is 0 Å². The van der Waals surface area contributed by atoms with Crippen LogP contribution >= 0.6 is 0 Å².